The van der Waals surface area contributed by atoms with Crippen LogP contribution < -0.4 is 4.74 Å². The van der Waals surface area contributed by atoms with Crippen molar-refractivity contribution in [3.05, 3.63) is 53.6 Å². The molecule has 0 saturated heterocycles. The molecule has 1 aromatic heterocycles. The van der Waals surface area contributed by atoms with Gasteiger partial charge in [0.15, 0.2) is 17.9 Å². The number of para-hydroxylation sites is 1. The summed E-state index contributed by atoms with van der Waals surface area (Å²) in [7, 11) is 1.37. The molecule has 0 aliphatic rings. The minimum absolute atomic E-state index is 0.105. The second-order valence-electron chi connectivity index (χ2n) is 4.54. The fourth-order valence-corrected chi connectivity index (χ4v) is 2.37. The lowest BCUT2D eigenvalue weighted by Crippen LogP contribution is -1.90. The first kappa shape index (κ1) is 13.3. The number of ether oxygens (including phenoxy) is 1. The van der Waals surface area contributed by atoms with Crippen LogP contribution in [-0.2, 0) is 0 Å². The largest absolute Gasteiger partial charge is 0.494 e. The smallest absolute Gasteiger partial charge is 0.165 e. The molecule has 0 radical (unpaired) electrons. The molecule has 5 heteroatoms. The van der Waals surface area contributed by atoms with E-state index in [4.69, 9.17) is 4.74 Å². The molecular weight excluding hydrogens is 276 g/mol. The van der Waals surface area contributed by atoms with Crippen molar-refractivity contribution in [2.24, 2.45) is 0 Å². The van der Waals surface area contributed by atoms with Gasteiger partial charge in [0, 0.05) is 16.5 Å². The lowest BCUT2D eigenvalue weighted by molar-refractivity contribution is 0.112. The number of carbonyl (C=O) groups excluding carboxylic acids is 1. The number of benzene rings is 2. The molecule has 0 bridgehead atoms. The Kier molecular flexibility index (Phi) is 3.17. The molecule has 21 heavy (non-hydrogen) atoms. The zero-order valence-corrected chi connectivity index (χ0v) is 11.1. The second kappa shape index (κ2) is 5.01. The van der Waals surface area contributed by atoms with Gasteiger partial charge in [-0.1, -0.05) is 12.1 Å². The zero-order chi connectivity index (χ0) is 15.0. The minimum Gasteiger partial charge on any atom is -0.494 e. The molecule has 0 saturated carbocycles. The maximum Gasteiger partial charge on any atom is 0.165 e. The van der Waals surface area contributed by atoms with Crippen LogP contribution in [0.3, 0.4) is 0 Å². The highest BCUT2D eigenvalue weighted by Crippen LogP contribution is 2.32. The van der Waals surface area contributed by atoms with Crippen LogP contribution in [0.25, 0.3) is 22.2 Å². The van der Waals surface area contributed by atoms with Gasteiger partial charge in [0.1, 0.15) is 5.82 Å². The lowest BCUT2D eigenvalue weighted by atomic mass is 10.1. The van der Waals surface area contributed by atoms with Crippen LogP contribution in [0, 0.1) is 11.6 Å². The van der Waals surface area contributed by atoms with Crippen molar-refractivity contribution in [2.75, 3.05) is 7.11 Å². The molecule has 0 unspecified atom stereocenters. The molecular formula is C16H11F2NO2. The summed E-state index contributed by atoms with van der Waals surface area (Å²) >= 11 is 0. The Morgan fingerprint density at radius 3 is 2.62 bits per heavy atom. The number of H-pyrrole nitrogens is 1. The van der Waals surface area contributed by atoms with Gasteiger partial charge in [-0.15, -0.1) is 0 Å². The molecule has 0 aliphatic heterocycles. The molecule has 0 fully saturated rings. The predicted octanol–water partition coefficient (Wildman–Crippen LogP) is 3.93. The molecule has 1 N–H and O–H groups in total. The third-order valence-corrected chi connectivity index (χ3v) is 3.38. The number of hydrogen-bond acceptors (Lipinski definition) is 2. The average molecular weight is 287 g/mol. The first-order valence-electron chi connectivity index (χ1n) is 6.25. The monoisotopic (exact) mass is 287 g/mol. The van der Waals surface area contributed by atoms with Gasteiger partial charge in [0.2, 0.25) is 0 Å². The summed E-state index contributed by atoms with van der Waals surface area (Å²) in [6.07, 6.45) is 0.635. The second-order valence-corrected chi connectivity index (χ2v) is 4.54. The average Bonchev–Trinajstić information content (AvgIpc) is 2.87. The molecule has 0 spiro atoms. The van der Waals surface area contributed by atoms with Gasteiger partial charge < -0.3 is 9.72 Å². The fraction of sp³-hybridized carbons (Fsp3) is 0.0625. The Labute approximate surface area is 119 Å². The van der Waals surface area contributed by atoms with E-state index in [2.05, 4.69) is 4.98 Å². The number of aromatic nitrogens is 1. The summed E-state index contributed by atoms with van der Waals surface area (Å²) in [4.78, 5) is 14.2. The topological polar surface area (TPSA) is 42.1 Å². The standard InChI is InChI=1S/C16H11F2NO2/c1-21-14-6-5-9(7-13(14)18)15-11(8-20)10-3-2-4-12(17)16(10)19-15/h2-8,19H,1H3. The highest BCUT2D eigenvalue weighted by atomic mass is 19.1. The van der Waals surface area contributed by atoms with Crippen LogP contribution in [-0.4, -0.2) is 18.4 Å². The third kappa shape index (κ3) is 2.07. The molecule has 3 nitrogen and oxygen atoms in total. The van der Waals surface area contributed by atoms with Crippen LogP contribution in [0.4, 0.5) is 8.78 Å². The van der Waals surface area contributed by atoms with Crippen molar-refractivity contribution in [1.29, 1.82) is 0 Å². The number of halogens is 2. The molecule has 3 aromatic rings. The summed E-state index contributed by atoms with van der Waals surface area (Å²) in [5.74, 6) is -0.907. The summed E-state index contributed by atoms with van der Waals surface area (Å²) in [5.41, 5.74) is 1.36. The van der Waals surface area contributed by atoms with Crippen molar-refractivity contribution in [2.45, 2.75) is 0 Å². The minimum atomic E-state index is -0.550. The van der Waals surface area contributed by atoms with Crippen molar-refractivity contribution in [1.82, 2.24) is 4.98 Å². The first-order chi connectivity index (χ1) is 10.2. The molecule has 0 aliphatic carbocycles. The van der Waals surface area contributed by atoms with Crippen LogP contribution >= 0.6 is 0 Å². The van der Waals surface area contributed by atoms with Gasteiger partial charge in [0.25, 0.3) is 0 Å². The highest BCUT2D eigenvalue weighted by molar-refractivity contribution is 6.04. The normalized spacial score (nSPS) is 10.8. The van der Waals surface area contributed by atoms with Crippen LogP contribution in [0.2, 0.25) is 0 Å². The number of fused-ring (bicyclic) bond motifs is 1. The van der Waals surface area contributed by atoms with Crippen molar-refractivity contribution in [3.63, 3.8) is 0 Å². The predicted molar refractivity (Wildman–Crippen MR) is 75.6 cm³/mol. The molecule has 3 rings (SSSR count). The van der Waals surface area contributed by atoms with Gasteiger partial charge in [-0.2, -0.15) is 0 Å². The van der Waals surface area contributed by atoms with E-state index in [-0.39, 0.29) is 11.3 Å². The van der Waals surface area contributed by atoms with E-state index >= 15 is 0 Å². The quantitative estimate of drug-likeness (QED) is 0.741. The number of aldehydes is 1. The summed E-state index contributed by atoms with van der Waals surface area (Å²) < 4.78 is 32.4. The Morgan fingerprint density at radius 1 is 1.14 bits per heavy atom. The number of hydrogen-bond donors (Lipinski definition) is 1. The molecule has 0 amide bonds. The SMILES string of the molecule is COc1ccc(-c2[nH]c3c(F)cccc3c2C=O)cc1F. The van der Waals surface area contributed by atoms with Gasteiger partial charge in [-0.05, 0) is 24.3 Å². The number of carbonyl (C=O) groups is 1. The van der Waals surface area contributed by atoms with E-state index in [0.29, 0.717) is 28.5 Å². The van der Waals surface area contributed by atoms with Crippen LogP contribution in [0.1, 0.15) is 10.4 Å². The van der Waals surface area contributed by atoms with E-state index in [0.717, 1.165) is 0 Å². The maximum atomic E-state index is 13.8. The molecule has 1 heterocycles. The Bertz CT molecular complexity index is 840. The first-order valence-corrected chi connectivity index (χ1v) is 6.25. The Balaban J connectivity index is 2.27. The van der Waals surface area contributed by atoms with E-state index in [1.165, 1.54) is 31.4 Å². The van der Waals surface area contributed by atoms with E-state index < -0.39 is 11.6 Å². The van der Waals surface area contributed by atoms with Crippen molar-refractivity contribution < 1.29 is 18.3 Å². The van der Waals surface area contributed by atoms with Gasteiger partial charge in [-0.3, -0.25) is 4.79 Å². The van der Waals surface area contributed by atoms with E-state index in [1.54, 1.807) is 12.1 Å². The maximum absolute atomic E-state index is 13.8. The van der Waals surface area contributed by atoms with Crippen LogP contribution in [0.15, 0.2) is 36.4 Å². The molecule has 2 aromatic carbocycles. The number of methoxy groups -OCH3 is 1. The van der Waals surface area contributed by atoms with Crippen molar-refractivity contribution in [3.8, 4) is 17.0 Å². The van der Waals surface area contributed by atoms with Gasteiger partial charge in [-0.25, -0.2) is 8.78 Å². The van der Waals surface area contributed by atoms with Gasteiger partial charge >= 0.3 is 0 Å². The van der Waals surface area contributed by atoms with E-state index in [9.17, 15) is 13.6 Å². The fourth-order valence-electron chi connectivity index (χ4n) is 2.37. The Morgan fingerprint density at radius 2 is 1.95 bits per heavy atom. The Hall–Kier alpha value is -2.69. The number of nitrogens with one attached hydrogen (secondary N) is 1. The third-order valence-electron chi connectivity index (χ3n) is 3.38. The molecule has 106 valence electrons. The lowest BCUT2D eigenvalue weighted by Gasteiger charge is -2.04. The molecule has 0 atom stereocenters. The van der Waals surface area contributed by atoms with E-state index in [1.807, 2.05) is 0 Å². The summed E-state index contributed by atoms with van der Waals surface area (Å²) in [5, 5.41) is 0.469. The van der Waals surface area contributed by atoms with Crippen LogP contribution in [0.5, 0.6) is 5.75 Å². The summed E-state index contributed by atoms with van der Waals surface area (Å²) in [6, 6.07) is 8.78. The summed E-state index contributed by atoms with van der Waals surface area (Å²) in [6.45, 7) is 0. The number of rotatable bonds is 3. The van der Waals surface area contributed by atoms with Gasteiger partial charge in [0.05, 0.1) is 18.3 Å². The number of aromatic amines is 1. The van der Waals surface area contributed by atoms with Crippen molar-refractivity contribution >= 4 is 17.2 Å². The zero-order valence-electron chi connectivity index (χ0n) is 11.1. The highest BCUT2D eigenvalue weighted by Gasteiger charge is 2.16.